The first kappa shape index (κ1) is 20.0. The number of fused-ring (bicyclic) bond motifs is 1. The second-order valence-corrected chi connectivity index (χ2v) is 7.70. The number of hydrogen-bond acceptors (Lipinski definition) is 4. The maximum atomic E-state index is 12.9. The van der Waals surface area contributed by atoms with Crippen LogP contribution in [-0.4, -0.2) is 41.5 Å². The Hall–Kier alpha value is -3.26. The van der Waals surface area contributed by atoms with Gasteiger partial charge in [0.25, 0.3) is 0 Å². The fourth-order valence-corrected chi connectivity index (χ4v) is 3.98. The van der Waals surface area contributed by atoms with Crippen LogP contribution in [0, 0.1) is 13.8 Å². The van der Waals surface area contributed by atoms with Crippen LogP contribution in [0.3, 0.4) is 0 Å². The molecule has 0 spiro atoms. The second-order valence-electron chi connectivity index (χ2n) is 7.70. The largest absolute Gasteiger partial charge is 0.378 e. The number of morpholine rings is 1. The molecule has 1 aromatic heterocycles. The van der Waals surface area contributed by atoms with Gasteiger partial charge in [-0.25, -0.2) is 9.59 Å². The average molecular weight is 409 g/mol. The molecule has 1 saturated heterocycles. The van der Waals surface area contributed by atoms with Gasteiger partial charge in [0.15, 0.2) is 0 Å². The van der Waals surface area contributed by atoms with Crippen molar-refractivity contribution in [3.05, 3.63) is 51.9 Å². The number of rotatable bonds is 3. The van der Waals surface area contributed by atoms with Crippen LogP contribution in [0.1, 0.15) is 11.1 Å². The summed E-state index contributed by atoms with van der Waals surface area (Å²) in [7, 11) is 3.49. The van der Waals surface area contributed by atoms with E-state index in [1.807, 2.05) is 44.2 Å². The van der Waals surface area contributed by atoms with Gasteiger partial charge in [-0.3, -0.25) is 9.13 Å². The number of carbonyl (C=O) groups is 1. The number of para-hydroxylation sites is 1. The normalized spacial score (nSPS) is 14.2. The summed E-state index contributed by atoms with van der Waals surface area (Å²) in [5, 5.41) is 5.97. The van der Waals surface area contributed by atoms with Crippen molar-refractivity contribution in [1.82, 2.24) is 9.13 Å². The molecule has 0 saturated carbocycles. The maximum Gasteiger partial charge on any atom is 0.328 e. The molecule has 8 nitrogen and oxygen atoms in total. The van der Waals surface area contributed by atoms with Crippen molar-refractivity contribution >= 4 is 34.1 Å². The topological polar surface area (TPSA) is 80.5 Å². The summed E-state index contributed by atoms with van der Waals surface area (Å²) < 4.78 is 8.70. The summed E-state index contributed by atoms with van der Waals surface area (Å²) in [4.78, 5) is 27.5. The van der Waals surface area contributed by atoms with Gasteiger partial charge in [0.1, 0.15) is 0 Å². The van der Waals surface area contributed by atoms with Crippen LogP contribution in [0.15, 0.2) is 35.1 Å². The van der Waals surface area contributed by atoms with Crippen molar-refractivity contribution in [2.75, 3.05) is 41.8 Å². The Kier molecular flexibility index (Phi) is 5.26. The van der Waals surface area contributed by atoms with Gasteiger partial charge >= 0.3 is 11.7 Å². The lowest BCUT2D eigenvalue weighted by Crippen LogP contribution is -2.37. The van der Waals surface area contributed by atoms with Gasteiger partial charge < -0.3 is 20.3 Å². The minimum absolute atomic E-state index is 0.102. The number of imidazole rings is 1. The zero-order valence-electron chi connectivity index (χ0n) is 17.8. The fourth-order valence-electron chi connectivity index (χ4n) is 3.98. The lowest BCUT2D eigenvalue weighted by Gasteiger charge is -2.30. The number of nitrogens with one attached hydrogen (secondary N) is 2. The number of urea groups is 1. The standard InChI is InChI=1S/C22H27N5O3/c1-14-6-5-7-15(2)20(14)24-21(28)23-16-12-18-19(26(4)22(29)25(18)3)13-17(16)27-8-10-30-11-9-27/h5-7,12-13H,8-11H2,1-4H3,(H2,23,24,28). The number of aryl methyl sites for hydroxylation is 4. The smallest absolute Gasteiger partial charge is 0.328 e. The molecular weight excluding hydrogens is 382 g/mol. The summed E-state index contributed by atoms with van der Waals surface area (Å²) in [6.07, 6.45) is 0. The monoisotopic (exact) mass is 409 g/mol. The van der Waals surface area contributed by atoms with E-state index in [0.717, 1.165) is 46.6 Å². The maximum absolute atomic E-state index is 12.9. The highest BCUT2D eigenvalue weighted by molar-refractivity contribution is 6.04. The molecule has 8 heteroatoms. The number of aromatic nitrogens is 2. The van der Waals surface area contributed by atoms with E-state index in [-0.39, 0.29) is 11.7 Å². The van der Waals surface area contributed by atoms with E-state index in [2.05, 4.69) is 15.5 Å². The molecule has 2 heterocycles. The van der Waals surface area contributed by atoms with Crippen LogP contribution in [0.2, 0.25) is 0 Å². The number of benzene rings is 2. The number of amides is 2. The van der Waals surface area contributed by atoms with Crippen LogP contribution in [-0.2, 0) is 18.8 Å². The lowest BCUT2D eigenvalue weighted by atomic mass is 10.1. The van der Waals surface area contributed by atoms with Crippen molar-refractivity contribution in [3.8, 4) is 0 Å². The van der Waals surface area contributed by atoms with Crippen LogP contribution in [0.4, 0.5) is 21.9 Å². The summed E-state index contributed by atoms with van der Waals surface area (Å²) in [6.45, 7) is 6.62. The van der Waals surface area contributed by atoms with E-state index in [1.54, 1.807) is 23.2 Å². The van der Waals surface area contributed by atoms with Crippen LogP contribution < -0.4 is 21.2 Å². The average Bonchev–Trinajstić information content (AvgIpc) is 2.94. The third-order valence-electron chi connectivity index (χ3n) is 5.71. The molecule has 0 atom stereocenters. The molecule has 0 unspecified atom stereocenters. The highest BCUT2D eigenvalue weighted by Crippen LogP contribution is 2.32. The quantitative estimate of drug-likeness (QED) is 0.697. The zero-order valence-corrected chi connectivity index (χ0v) is 17.8. The summed E-state index contributed by atoms with van der Waals surface area (Å²) in [6, 6.07) is 9.42. The second kappa shape index (κ2) is 7.87. The van der Waals surface area contributed by atoms with Crippen molar-refractivity contribution in [2.45, 2.75) is 13.8 Å². The first-order chi connectivity index (χ1) is 14.4. The first-order valence-corrected chi connectivity index (χ1v) is 10.0. The Morgan fingerprint density at radius 3 is 2.20 bits per heavy atom. The Labute approximate surface area is 175 Å². The summed E-state index contributed by atoms with van der Waals surface area (Å²) in [5.41, 5.74) is 5.83. The molecule has 0 bridgehead atoms. The minimum atomic E-state index is -0.317. The molecule has 2 N–H and O–H groups in total. The molecule has 2 aromatic carbocycles. The molecule has 1 aliphatic heterocycles. The SMILES string of the molecule is Cc1cccc(C)c1NC(=O)Nc1cc2c(cc1N1CCOCC1)n(C)c(=O)n2C. The van der Waals surface area contributed by atoms with Crippen LogP contribution in [0.5, 0.6) is 0 Å². The Balaban J connectivity index is 1.73. The molecule has 30 heavy (non-hydrogen) atoms. The number of ether oxygens (including phenoxy) is 1. The van der Waals surface area contributed by atoms with Crippen LogP contribution >= 0.6 is 0 Å². The Morgan fingerprint density at radius 2 is 1.57 bits per heavy atom. The molecule has 4 rings (SSSR count). The Bertz CT molecular complexity index is 1150. The molecule has 0 aliphatic carbocycles. The van der Waals surface area contributed by atoms with E-state index < -0.39 is 0 Å². The van der Waals surface area contributed by atoms with Gasteiger partial charge in [-0.2, -0.15) is 0 Å². The zero-order chi connectivity index (χ0) is 21.4. The van der Waals surface area contributed by atoms with E-state index in [4.69, 9.17) is 4.74 Å². The van der Waals surface area contributed by atoms with Crippen molar-refractivity contribution in [3.63, 3.8) is 0 Å². The van der Waals surface area contributed by atoms with E-state index in [9.17, 15) is 9.59 Å². The molecule has 158 valence electrons. The molecule has 3 aromatic rings. The molecule has 1 aliphatic rings. The lowest BCUT2D eigenvalue weighted by molar-refractivity contribution is 0.123. The van der Waals surface area contributed by atoms with E-state index in [1.165, 1.54) is 0 Å². The highest BCUT2D eigenvalue weighted by atomic mass is 16.5. The van der Waals surface area contributed by atoms with Gasteiger partial charge in [-0.15, -0.1) is 0 Å². The van der Waals surface area contributed by atoms with Gasteiger partial charge in [0, 0.05) is 32.9 Å². The number of anilines is 3. The van der Waals surface area contributed by atoms with Crippen molar-refractivity contribution in [1.29, 1.82) is 0 Å². The van der Waals surface area contributed by atoms with Gasteiger partial charge in [-0.1, -0.05) is 18.2 Å². The Morgan fingerprint density at radius 1 is 0.967 bits per heavy atom. The molecule has 0 radical (unpaired) electrons. The molecule has 1 fully saturated rings. The fraction of sp³-hybridized carbons (Fsp3) is 0.364. The summed E-state index contributed by atoms with van der Waals surface area (Å²) >= 11 is 0. The summed E-state index contributed by atoms with van der Waals surface area (Å²) in [5.74, 6) is 0. The number of hydrogen-bond donors (Lipinski definition) is 2. The third-order valence-corrected chi connectivity index (χ3v) is 5.71. The number of carbonyl (C=O) groups excluding carboxylic acids is 1. The third kappa shape index (κ3) is 3.54. The predicted molar refractivity (Wildman–Crippen MR) is 120 cm³/mol. The van der Waals surface area contributed by atoms with Gasteiger partial charge in [0.05, 0.1) is 35.6 Å². The van der Waals surface area contributed by atoms with E-state index >= 15 is 0 Å². The minimum Gasteiger partial charge on any atom is -0.378 e. The first-order valence-electron chi connectivity index (χ1n) is 10.0. The predicted octanol–water partition coefficient (Wildman–Crippen LogP) is 2.97. The number of nitrogens with zero attached hydrogens (tertiary/aromatic N) is 3. The van der Waals surface area contributed by atoms with Crippen molar-refractivity contribution in [2.24, 2.45) is 14.1 Å². The van der Waals surface area contributed by atoms with Crippen LogP contribution in [0.25, 0.3) is 11.0 Å². The highest BCUT2D eigenvalue weighted by Gasteiger charge is 2.20. The molecular formula is C22H27N5O3. The van der Waals surface area contributed by atoms with Gasteiger partial charge in [-0.05, 0) is 37.1 Å². The van der Waals surface area contributed by atoms with Crippen molar-refractivity contribution < 1.29 is 9.53 Å². The van der Waals surface area contributed by atoms with Gasteiger partial charge in [0.2, 0.25) is 0 Å². The van der Waals surface area contributed by atoms with E-state index in [0.29, 0.717) is 18.9 Å². The molecule has 2 amide bonds.